The molecule has 1 aromatic carbocycles. The van der Waals surface area contributed by atoms with E-state index in [0.717, 1.165) is 12.8 Å². The summed E-state index contributed by atoms with van der Waals surface area (Å²) >= 11 is 5.74. The van der Waals surface area contributed by atoms with Crippen LogP contribution in [0.15, 0.2) is 30.4 Å². The average molecular weight is 501 g/mol. The fourth-order valence-electron chi connectivity index (χ4n) is 4.72. The van der Waals surface area contributed by atoms with Crippen LogP contribution in [0.5, 0.6) is 5.75 Å². The summed E-state index contributed by atoms with van der Waals surface area (Å²) in [6, 6.07) is 4.41. The lowest BCUT2D eigenvalue weighted by atomic mass is 9.87. The highest BCUT2D eigenvalue weighted by molar-refractivity contribution is 6.30. The Bertz CT molecular complexity index is 849. The molecule has 0 radical (unpaired) electrons. The molecule has 7 nitrogen and oxygen atoms in total. The lowest BCUT2D eigenvalue weighted by molar-refractivity contribution is -0.155. The summed E-state index contributed by atoms with van der Waals surface area (Å²) in [6.07, 6.45) is 2.91. The van der Waals surface area contributed by atoms with Crippen molar-refractivity contribution in [3.63, 3.8) is 0 Å². The summed E-state index contributed by atoms with van der Waals surface area (Å²) < 4.78 is 31.0. The molecule has 9 heteroatoms. The predicted octanol–water partition coefficient (Wildman–Crippen LogP) is 3.69. The number of aliphatic hydroxyl groups is 2. The molecular weight excluding hydrogens is 467 g/mol. The maximum atomic E-state index is 13.9. The van der Waals surface area contributed by atoms with Crippen molar-refractivity contribution in [2.45, 2.75) is 57.5 Å². The highest BCUT2D eigenvalue weighted by Crippen LogP contribution is 2.41. The second kappa shape index (κ2) is 12.3. The Kier molecular flexibility index (Phi) is 9.74. The number of fused-ring (bicyclic) bond motifs is 1. The van der Waals surface area contributed by atoms with E-state index in [1.807, 2.05) is 13.8 Å². The number of hydrogen-bond donors (Lipinski definition) is 3. The Labute approximate surface area is 204 Å². The van der Waals surface area contributed by atoms with Gasteiger partial charge >= 0.3 is 5.97 Å². The average Bonchev–Trinajstić information content (AvgIpc) is 2.94. The molecule has 190 valence electrons. The van der Waals surface area contributed by atoms with Crippen molar-refractivity contribution in [3.8, 4) is 5.75 Å². The lowest BCUT2D eigenvalue weighted by Gasteiger charge is -2.22. The maximum Gasteiger partial charge on any atom is 0.333 e. The summed E-state index contributed by atoms with van der Waals surface area (Å²) in [6.45, 7) is 4.25. The zero-order chi connectivity index (χ0) is 24.8. The van der Waals surface area contributed by atoms with Crippen LogP contribution in [-0.2, 0) is 14.3 Å². The van der Waals surface area contributed by atoms with Gasteiger partial charge in [0.1, 0.15) is 12.7 Å². The molecule has 7 atom stereocenters. The Hall–Kier alpha value is -1.71. The molecule has 1 saturated heterocycles. The van der Waals surface area contributed by atoms with Crippen LogP contribution in [0.25, 0.3) is 0 Å². The first-order valence-electron chi connectivity index (χ1n) is 11.7. The van der Waals surface area contributed by atoms with E-state index in [1.165, 1.54) is 12.1 Å². The summed E-state index contributed by atoms with van der Waals surface area (Å²) in [5.41, 5.74) is 0. The molecule has 2 aliphatic rings. The molecule has 3 rings (SSSR count). The minimum Gasteiger partial charge on any atom is -0.487 e. The Morgan fingerprint density at radius 1 is 1.35 bits per heavy atom. The largest absolute Gasteiger partial charge is 0.487 e. The van der Waals surface area contributed by atoms with E-state index in [4.69, 9.17) is 25.8 Å². The van der Waals surface area contributed by atoms with Crippen molar-refractivity contribution >= 4 is 17.6 Å². The van der Waals surface area contributed by atoms with Crippen molar-refractivity contribution in [3.05, 3.63) is 41.2 Å². The molecule has 0 bridgehead atoms. The first-order chi connectivity index (χ1) is 16.2. The number of aliphatic hydroxyl groups excluding tert-OH is 2. The molecule has 1 aromatic rings. The molecule has 1 saturated carbocycles. The zero-order valence-corrected chi connectivity index (χ0v) is 20.2. The van der Waals surface area contributed by atoms with Gasteiger partial charge in [0.15, 0.2) is 17.7 Å². The summed E-state index contributed by atoms with van der Waals surface area (Å²) in [5, 5.41) is 30.1. The Morgan fingerprint density at radius 3 is 2.82 bits per heavy atom. The smallest absolute Gasteiger partial charge is 0.333 e. The fourth-order valence-corrected chi connectivity index (χ4v) is 4.88. The van der Waals surface area contributed by atoms with Crippen LogP contribution < -0.4 is 4.74 Å². The monoisotopic (exact) mass is 500 g/mol. The van der Waals surface area contributed by atoms with Crippen LogP contribution in [0.4, 0.5) is 4.39 Å². The van der Waals surface area contributed by atoms with Crippen LogP contribution in [0.3, 0.4) is 0 Å². The van der Waals surface area contributed by atoms with Gasteiger partial charge in [-0.25, -0.2) is 9.18 Å². The molecule has 34 heavy (non-hydrogen) atoms. The van der Waals surface area contributed by atoms with E-state index < -0.39 is 30.1 Å². The Balaban J connectivity index is 1.52. The number of rotatable bonds is 10. The Morgan fingerprint density at radius 2 is 2.12 bits per heavy atom. The topological polar surface area (TPSA) is 105 Å². The molecular formula is C25H34ClFO7. The van der Waals surface area contributed by atoms with Crippen LogP contribution in [0, 0.1) is 29.5 Å². The molecule has 0 amide bonds. The van der Waals surface area contributed by atoms with Gasteiger partial charge in [-0.3, -0.25) is 0 Å². The molecule has 2 fully saturated rings. The van der Waals surface area contributed by atoms with Crippen LogP contribution in [0.1, 0.15) is 33.1 Å². The fraction of sp³-hybridized carbons (Fsp3) is 0.640. The van der Waals surface area contributed by atoms with Crippen LogP contribution >= 0.6 is 11.6 Å². The lowest BCUT2D eigenvalue weighted by Crippen LogP contribution is -2.32. The third-order valence-corrected chi connectivity index (χ3v) is 6.88. The van der Waals surface area contributed by atoms with Gasteiger partial charge in [0.2, 0.25) is 0 Å². The van der Waals surface area contributed by atoms with Crippen molar-refractivity contribution < 1.29 is 38.7 Å². The third kappa shape index (κ3) is 6.92. The quantitative estimate of drug-likeness (QED) is 0.421. The predicted molar refractivity (Wildman–Crippen MR) is 124 cm³/mol. The maximum absolute atomic E-state index is 13.9. The van der Waals surface area contributed by atoms with Crippen molar-refractivity contribution in [2.24, 2.45) is 23.7 Å². The minimum atomic E-state index is -0.985. The van der Waals surface area contributed by atoms with Gasteiger partial charge in [0.05, 0.1) is 30.4 Å². The number of halogens is 2. The second-order valence-corrected chi connectivity index (χ2v) is 9.92. The normalized spacial score (nSPS) is 29.1. The van der Waals surface area contributed by atoms with Gasteiger partial charge in [0.25, 0.3) is 0 Å². The van der Waals surface area contributed by atoms with Gasteiger partial charge in [-0.05, 0) is 36.8 Å². The molecule has 1 aliphatic heterocycles. The number of ether oxygens (including phenoxy) is 3. The van der Waals surface area contributed by atoms with Gasteiger partial charge in [-0.15, -0.1) is 0 Å². The van der Waals surface area contributed by atoms with Crippen LogP contribution in [-0.4, -0.2) is 65.5 Å². The number of carbonyl (C=O) groups is 1. The third-order valence-electron chi connectivity index (χ3n) is 6.59. The highest BCUT2D eigenvalue weighted by atomic mass is 35.5. The zero-order valence-electron chi connectivity index (χ0n) is 19.5. The minimum absolute atomic E-state index is 0.0334. The van der Waals surface area contributed by atoms with E-state index in [-0.39, 0.29) is 47.2 Å². The van der Waals surface area contributed by atoms with E-state index in [0.29, 0.717) is 19.6 Å². The first kappa shape index (κ1) is 26.9. The summed E-state index contributed by atoms with van der Waals surface area (Å²) in [5.74, 6) is -1.82. The van der Waals surface area contributed by atoms with Gasteiger partial charge in [-0.2, -0.15) is 0 Å². The summed E-state index contributed by atoms with van der Waals surface area (Å²) in [7, 11) is 0. The van der Waals surface area contributed by atoms with Gasteiger partial charge in [0, 0.05) is 18.3 Å². The second-order valence-electron chi connectivity index (χ2n) is 9.51. The molecule has 3 N–H and O–H groups in total. The number of benzene rings is 1. The number of carboxylic acids is 1. The highest BCUT2D eigenvalue weighted by Gasteiger charge is 2.43. The van der Waals surface area contributed by atoms with E-state index in [9.17, 15) is 24.5 Å². The summed E-state index contributed by atoms with van der Waals surface area (Å²) in [4.78, 5) is 11.4. The first-order valence-corrected chi connectivity index (χ1v) is 12.1. The molecule has 0 aromatic heterocycles. The molecule has 1 heterocycles. The molecule has 0 spiro atoms. The van der Waals surface area contributed by atoms with Gasteiger partial charge < -0.3 is 29.5 Å². The molecule has 1 unspecified atom stereocenters. The van der Waals surface area contributed by atoms with E-state index in [1.54, 1.807) is 18.2 Å². The number of carboxylic acid groups (broad SMARTS) is 1. The number of hydrogen-bond acceptors (Lipinski definition) is 6. The van der Waals surface area contributed by atoms with Crippen LogP contribution in [0.2, 0.25) is 5.02 Å². The SMILES string of the molecule is CC(C)C(OC[C@@H]1CC[C@@H]2[C@@H](/C=C/[C@@H](O)COc3cccc(Cl)c3F)[C@H](O)C[C@@H]2OC1)C(=O)O. The van der Waals surface area contributed by atoms with Crippen molar-refractivity contribution in [1.29, 1.82) is 0 Å². The van der Waals surface area contributed by atoms with Gasteiger partial charge in [-0.1, -0.05) is 43.7 Å². The van der Waals surface area contributed by atoms with Crippen molar-refractivity contribution in [2.75, 3.05) is 19.8 Å². The standard InChI is InChI=1S/C25H34ClFO7/c1-14(2)24(25(30)31)34-12-15-6-8-18-17(20(29)10-22(18)32-11-15)9-7-16(28)13-33-21-5-3-4-19(26)23(21)27/h3-5,7,9,14-18,20,22,24,28-29H,6,8,10-13H2,1-2H3,(H,30,31)/b9-7+/t15-,16-,17-,18-,20-,22+,24?/m1/s1. The van der Waals surface area contributed by atoms with E-state index in [2.05, 4.69) is 0 Å². The number of aliphatic carboxylic acids is 1. The van der Waals surface area contributed by atoms with E-state index >= 15 is 0 Å². The van der Waals surface area contributed by atoms with Crippen molar-refractivity contribution in [1.82, 2.24) is 0 Å². The molecule has 1 aliphatic carbocycles.